The minimum Gasteiger partial charge on any atom is -0.100 e. The van der Waals surface area contributed by atoms with Gasteiger partial charge in [-0.2, -0.15) is 0 Å². The van der Waals surface area contributed by atoms with Gasteiger partial charge in [-0.05, 0) is 67.8 Å². The van der Waals surface area contributed by atoms with Gasteiger partial charge in [-0.15, -0.1) is 7.92 Å². The van der Waals surface area contributed by atoms with Gasteiger partial charge in [-0.1, -0.05) is 45.4 Å². The summed E-state index contributed by atoms with van der Waals surface area (Å²) >= 11 is 0. The molecular formula is C18H33P. The Balaban J connectivity index is 1.84. The predicted molar refractivity (Wildman–Crippen MR) is 87.4 cm³/mol. The van der Waals surface area contributed by atoms with Crippen LogP contribution in [0.25, 0.3) is 0 Å². The smallest absolute Gasteiger partial charge is 0.00379 e. The van der Waals surface area contributed by atoms with Gasteiger partial charge in [0.1, 0.15) is 0 Å². The fraction of sp³-hybridized carbons (Fsp3) is 1.00. The summed E-state index contributed by atoms with van der Waals surface area (Å²) in [5.74, 6) is 2.27. The summed E-state index contributed by atoms with van der Waals surface area (Å²) in [6.45, 7) is 2.51. The Labute approximate surface area is 121 Å². The summed E-state index contributed by atoms with van der Waals surface area (Å²) in [5, 5.41) is 0.866. The average molecular weight is 280 g/mol. The second-order valence-electron chi connectivity index (χ2n) is 7.34. The second-order valence-corrected chi connectivity index (χ2v) is 10.3. The summed E-state index contributed by atoms with van der Waals surface area (Å²) in [7, 11) is 0.364. The molecule has 1 aliphatic heterocycles. The molecule has 1 unspecified atom stereocenters. The largest absolute Gasteiger partial charge is 0.100 e. The SMILES string of the molecule is CCP1CCCC1(C1CCCCC1)C1CCCCC1. The molecule has 1 saturated heterocycles. The normalized spacial score (nSPS) is 33.6. The van der Waals surface area contributed by atoms with E-state index in [1.165, 1.54) is 19.0 Å². The first-order valence-electron chi connectivity index (χ1n) is 9.13. The Morgan fingerprint density at radius 1 is 0.789 bits per heavy atom. The molecule has 2 saturated carbocycles. The van der Waals surface area contributed by atoms with Crippen LogP contribution in [-0.2, 0) is 0 Å². The average Bonchev–Trinajstić information content (AvgIpc) is 2.94. The zero-order chi connectivity index (χ0) is 13.1. The maximum atomic E-state index is 2.51. The standard InChI is InChI=1S/C18H33P/c1-2-19-15-9-14-18(19,16-10-5-3-6-11-16)17-12-7-4-8-13-17/h16-17H,2-15H2,1H3. The van der Waals surface area contributed by atoms with Gasteiger partial charge in [-0.25, -0.2) is 0 Å². The predicted octanol–water partition coefficient (Wildman–Crippen LogP) is 6.18. The van der Waals surface area contributed by atoms with Crippen LogP contribution in [0.2, 0.25) is 0 Å². The van der Waals surface area contributed by atoms with Crippen LogP contribution in [-0.4, -0.2) is 17.5 Å². The van der Waals surface area contributed by atoms with Crippen LogP contribution < -0.4 is 0 Å². The molecule has 0 nitrogen and oxygen atoms in total. The Morgan fingerprint density at radius 3 is 1.79 bits per heavy atom. The van der Waals surface area contributed by atoms with Crippen molar-refractivity contribution in [2.75, 3.05) is 12.3 Å². The molecule has 0 aromatic rings. The quantitative estimate of drug-likeness (QED) is 0.541. The maximum absolute atomic E-state index is 2.51. The van der Waals surface area contributed by atoms with Gasteiger partial charge in [0.2, 0.25) is 0 Å². The topological polar surface area (TPSA) is 0 Å². The molecule has 19 heavy (non-hydrogen) atoms. The molecule has 0 radical (unpaired) electrons. The van der Waals surface area contributed by atoms with Crippen molar-refractivity contribution in [1.29, 1.82) is 0 Å². The van der Waals surface area contributed by atoms with E-state index < -0.39 is 0 Å². The molecule has 0 aromatic heterocycles. The Morgan fingerprint density at radius 2 is 1.32 bits per heavy atom. The van der Waals surface area contributed by atoms with Crippen molar-refractivity contribution >= 4 is 7.92 Å². The van der Waals surface area contributed by atoms with E-state index >= 15 is 0 Å². The van der Waals surface area contributed by atoms with Crippen molar-refractivity contribution in [3.8, 4) is 0 Å². The minimum atomic E-state index is 0.364. The molecule has 3 rings (SSSR count). The Hall–Kier alpha value is 0.430. The molecule has 1 heterocycles. The van der Waals surface area contributed by atoms with Gasteiger partial charge in [0, 0.05) is 0 Å². The van der Waals surface area contributed by atoms with Crippen molar-refractivity contribution in [2.45, 2.75) is 89.1 Å². The summed E-state index contributed by atoms with van der Waals surface area (Å²) in [6.07, 6.45) is 22.0. The van der Waals surface area contributed by atoms with Crippen LogP contribution in [0, 0.1) is 11.8 Å². The van der Waals surface area contributed by atoms with Crippen molar-refractivity contribution in [1.82, 2.24) is 0 Å². The van der Waals surface area contributed by atoms with E-state index in [0.717, 1.165) is 17.0 Å². The summed E-state index contributed by atoms with van der Waals surface area (Å²) in [5.41, 5.74) is 0. The third-order valence-corrected chi connectivity index (χ3v) is 10.4. The second kappa shape index (κ2) is 6.46. The molecule has 0 bridgehead atoms. The highest BCUT2D eigenvalue weighted by atomic mass is 31.1. The van der Waals surface area contributed by atoms with Crippen molar-refractivity contribution in [3.63, 3.8) is 0 Å². The molecule has 1 heteroatoms. The van der Waals surface area contributed by atoms with Gasteiger partial charge in [0.15, 0.2) is 0 Å². The summed E-state index contributed by atoms with van der Waals surface area (Å²) < 4.78 is 0. The van der Waals surface area contributed by atoms with E-state index in [1.807, 2.05) is 0 Å². The van der Waals surface area contributed by atoms with Crippen LogP contribution in [0.5, 0.6) is 0 Å². The van der Waals surface area contributed by atoms with Gasteiger partial charge < -0.3 is 0 Å². The molecule has 0 spiro atoms. The minimum absolute atomic E-state index is 0.364. The van der Waals surface area contributed by atoms with E-state index in [-0.39, 0.29) is 0 Å². The fourth-order valence-corrected chi connectivity index (χ4v) is 9.72. The van der Waals surface area contributed by atoms with Crippen LogP contribution in [0.4, 0.5) is 0 Å². The lowest BCUT2D eigenvalue weighted by atomic mass is 9.67. The molecule has 1 atom stereocenters. The van der Waals surface area contributed by atoms with Crippen LogP contribution >= 0.6 is 7.92 Å². The lowest BCUT2D eigenvalue weighted by Crippen LogP contribution is -2.43. The van der Waals surface area contributed by atoms with Gasteiger partial charge in [0.25, 0.3) is 0 Å². The number of hydrogen-bond donors (Lipinski definition) is 0. The molecule has 110 valence electrons. The summed E-state index contributed by atoms with van der Waals surface area (Å²) in [6, 6.07) is 0. The highest BCUT2D eigenvalue weighted by Crippen LogP contribution is 2.68. The molecule has 3 fully saturated rings. The lowest BCUT2D eigenvalue weighted by Gasteiger charge is -2.51. The first kappa shape index (κ1) is 14.4. The van der Waals surface area contributed by atoms with Gasteiger partial charge in [-0.3, -0.25) is 0 Å². The number of hydrogen-bond acceptors (Lipinski definition) is 0. The van der Waals surface area contributed by atoms with Crippen LogP contribution in [0.15, 0.2) is 0 Å². The third kappa shape index (κ3) is 2.64. The first-order chi connectivity index (χ1) is 9.38. The molecule has 0 aromatic carbocycles. The summed E-state index contributed by atoms with van der Waals surface area (Å²) in [4.78, 5) is 0. The van der Waals surface area contributed by atoms with Crippen LogP contribution in [0.1, 0.15) is 84.0 Å². The first-order valence-corrected chi connectivity index (χ1v) is 10.8. The fourth-order valence-electron chi connectivity index (χ4n) is 5.83. The highest BCUT2D eigenvalue weighted by Gasteiger charge is 2.51. The van der Waals surface area contributed by atoms with E-state index in [9.17, 15) is 0 Å². The van der Waals surface area contributed by atoms with E-state index in [0.29, 0.717) is 7.92 Å². The molecule has 0 N–H and O–H groups in total. The zero-order valence-corrected chi connectivity index (χ0v) is 13.9. The zero-order valence-electron chi connectivity index (χ0n) is 13.0. The Kier molecular flexibility index (Phi) is 4.89. The maximum Gasteiger partial charge on any atom is -0.00379 e. The van der Waals surface area contributed by atoms with E-state index in [4.69, 9.17) is 0 Å². The molecule has 3 aliphatic rings. The molecular weight excluding hydrogens is 247 g/mol. The van der Waals surface area contributed by atoms with Crippen molar-refractivity contribution in [2.24, 2.45) is 11.8 Å². The van der Waals surface area contributed by atoms with E-state index in [2.05, 4.69) is 6.92 Å². The van der Waals surface area contributed by atoms with Gasteiger partial charge in [0.05, 0.1) is 0 Å². The van der Waals surface area contributed by atoms with Crippen molar-refractivity contribution < 1.29 is 0 Å². The highest BCUT2D eigenvalue weighted by molar-refractivity contribution is 7.59. The molecule has 2 aliphatic carbocycles. The van der Waals surface area contributed by atoms with Crippen LogP contribution in [0.3, 0.4) is 0 Å². The third-order valence-electron chi connectivity index (χ3n) is 6.60. The number of rotatable bonds is 3. The van der Waals surface area contributed by atoms with Gasteiger partial charge >= 0.3 is 0 Å². The molecule has 0 amide bonds. The monoisotopic (exact) mass is 280 g/mol. The van der Waals surface area contributed by atoms with Crippen molar-refractivity contribution in [3.05, 3.63) is 0 Å². The Bertz CT molecular complexity index is 255. The lowest BCUT2D eigenvalue weighted by molar-refractivity contribution is 0.167. The van der Waals surface area contributed by atoms with E-state index in [1.54, 1.807) is 70.4 Å².